The monoisotopic (exact) mass is 403 g/mol. The molecule has 1 aromatic heterocycles. The SMILES string of the molecule is Cc1c(Br)c(F)cc2c(N3CCOC[C@H]4[C@H](F)[C@@H]43)nc(Cl)nc12. The van der Waals surface area contributed by atoms with Gasteiger partial charge in [-0.15, -0.1) is 0 Å². The molecular weight excluding hydrogens is 392 g/mol. The van der Waals surface area contributed by atoms with Crippen molar-refractivity contribution < 1.29 is 13.5 Å². The Labute approximate surface area is 144 Å². The van der Waals surface area contributed by atoms with E-state index in [1.54, 1.807) is 6.92 Å². The third-order valence-corrected chi connectivity index (χ3v) is 5.66. The first kappa shape index (κ1) is 15.5. The van der Waals surface area contributed by atoms with Crippen LogP contribution in [0.15, 0.2) is 10.5 Å². The Balaban J connectivity index is 1.92. The van der Waals surface area contributed by atoms with Crippen LogP contribution in [0.3, 0.4) is 0 Å². The van der Waals surface area contributed by atoms with Crippen LogP contribution in [0, 0.1) is 18.7 Å². The molecule has 0 unspecified atom stereocenters. The maximum absolute atomic E-state index is 14.2. The molecule has 4 rings (SSSR count). The summed E-state index contributed by atoms with van der Waals surface area (Å²) in [5.41, 5.74) is 1.20. The topological polar surface area (TPSA) is 38.2 Å². The molecule has 0 radical (unpaired) electrons. The molecule has 122 valence electrons. The zero-order valence-electron chi connectivity index (χ0n) is 12.2. The van der Waals surface area contributed by atoms with Crippen molar-refractivity contribution in [1.29, 1.82) is 0 Å². The number of alkyl halides is 1. The lowest BCUT2D eigenvalue weighted by molar-refractivity contribution is 0.131. The van der Waals surface area contributed by atoms with E-state index in [1.165, 1.54) is 6.07 Å². The second-order valence-corrected chi connectivity index (χ2v) is 7.01. The van der Waals surface area contributed by atoms with Gasteiger partial charge in [0.25, 0.3) is 0 Å². The summed E-state index contributed by atoms with van der Waals surface area (Å²) >= 11 is 9.28. The molecule has 2 aliphatic rings. The molecule has 4 nitrogen and oxygen atoms in total. The minimum atomic E-state index is -0.958. The Morgan fingerprint density at radius 1 is 1.43 bits per heavy atom. The van der Waals surface area contributed by atoms with Gasteiger partial charge in [-0.25, -0.2) is 13.8 Å². The molecule has 23 heavy (non-hydrogen) atoms. The molecule has 0 spiro atoms. The third kappa shape index (κ3) is 2.40. The normalized spacial score (nSPS) is 27.0. The summed E-state index contributed by atoms with van der Waals surface area (Å²) in [6.45, 7) is 3.12. The zero-order valence-corrected chi connectivity index (χ0v) is 14.5. The van der Waals surface area contributed by atoms with Gasteiger partial charge in [-0.1, -0.05) is 0 Å². The van der Waals surface area contributed by atoms with Crippen LogP contribution in [0.1, 0.15) is 5.56 Å². The Morgan fingerprint density at radius 2 is 2.22 bits per heavy atom. The van der Waals surface area contributed by atoms with E-state index in [0.29, 0.717) is 46.5 Å². The Kier molecular flexibility index (Phi) is 3.70. The minimum absolute atomic E-state index is 0.0619. The van der Waals surface area contributed by atoms with E-state index in [4.69, 9.17) is 16.3 Å². The summed E-state index contributed by atoms with van der Waals surface area (Å²) in [4.78, 5) is 10.3. The van der Waals surface area contributed by atoms with Crippen LogP contribution in [-0.4, -0.2) is 41.9 Å². The number of hydrogen-bond acceptors (Lipinski definition) is 4. The summed E-state index contributed by atoms with van der Waals surface area (Å²) in [6, 6.07) is 1.08. The van der Waals surface area contributed by atoms with E-state index < -0.39 is 12.0 Å². The molecule has 0 amide bonds. The van der Waals surface area contributed by atoms with Crippen molar-refractivity contribution >= 4 is 44.3 Å². The highest BCUT2D eigenvalue weighted by molar-refractivity contribution is 9.10. The smallest absolute Gasteiger partial charge is 0.224 e. The van der Waals surface area contributed by atoms with Gasteiger partial charge in [0, 0.05) is 17.8 Å². The second kappa shape index (κ2) is 5.50. The number of aromatic nitrogens is 2. The number of fused-ring (bicyclic) bond motifs is 2. The third-order valence-electron chi connectivity index (χ3n) is 4.52. The van der Waals surface area contributed by atoms with E-state index in [2.05, 4.69) is 25.9 Å². The van der Waals surface area contributed by atoms with Gasteiger partial charge in [-0.05, 0) is 46.1 Å². The number of anilines is 1. The molecule has 0 bridgehead atoms. The predicted molar refractivity (Wildman–Crippen MR) is 87.3 cm³/mol. The van der Waals surface area contributed by atoms with Crippen molar-refractivity contribution in [1.82, 2.24) is 9.97 Å². The van der Waals surface area contributed by atoms with Crippen LogP contribution in [0.5, 0.6) is 0 Å². The molecule has 1 aromatic carbocycles. The van der Waals surface area contributed by atoms with Crippen molar-refractivity contribution in [2.45, 2.75) is 19.1 Å². The Morgan fingerprint density at radius 3 is 3.00 bits per heavy atom. The van der Waals surface area contributed by atoms with Crippen molar-refractivity contribution in [3.05, 3.63) is 27.2 Å². The molecule has 0 N–H and O–H groups in total. The van der Waals surface area contributed by atoms with Crippen LogP contribution >= 0.6 is 27.5 Å². The summed E-state index contributed by atoms with van der Waals surface area (Å²) in [6.07, 6.45) is -0.958. The second-order valence-electron chi connectivity index (χ2n) is 5.88. The molecule has 2 fully saturated rings. The van der Waals surface area contributed by atoms with Gasteiger partial charge >= 0.3 is 0 Å². The average molecular weight is 405 g/mol. The zero-order chi connectivity index (χ0) is 16.3. The van der Waals surface area contributed by atoms with Crippen LogP contribution in [0.25, 0.3) is 10.9 Å². The fourth-order valence-corrected chi connectivity index (χ4v) is 3.70. The van der Waals surface area contributed by atoms with E-state index in [-0.39, 0.29) is 17.2 Å². The van der Waals surface area contributed by atoms with Crippen molar-refractivity contribution in [3.8, 4) is 0 Å². The lowest BCUT2D eigenvalue weighted by Crippen LogP contribution is -2.31. The number of rotatable bonds is 1. The fraction of sp³-hybridized carbons (Fsp3) is 0.467. The van der Waals surface area contributed by atoms with E-state index >= 15 is 0 Å². The van der Waals surface area contributed by atoms with E-state index in [1.807, 2.05) is 4.90 Å². The molecule has 1 saturated carbocycles. The van der Waals surface area contributed by atoms with Crippen LogP contribution in [0.2, 0.25) is 5.28 Å². The number of ether oxygens (including phenoxy) is 1. The number of nitrogens with zero attached hydrogens (tertiary/aromatic N) is 3. The largest absolute Gasteiger partial charge is 0.379 e. The molecular formula is C15H13BrClF2N3O. The average Bonchev–Trinajstić information content (AvgIpc) is 3.21. The maximum Gasteiger partial charge on any atom is 0.224 e. The minimum Gasteiger partial charge on any atom is -0.379 e. The lowest BCUT2D eigenvalue weighted by atomic mass is 10.1. The van der Waals surface area contributed by atoms with Gasteiger partial charge in [-0.3, -0.25) is 0 Å². The number of benzene rings is 1. The van der Waals surface area contributed by atoms with Crippen LogP contribution in [-0.2, 0) is 4.74 Å². The molecule has 3 atom stereocenters. The number of hydrogen-bond donors (Lipinski definition) is 0. The van der Waals surface area contributed by atoms with Crippen molar-refractivity contribution in [2.75, 3.05) is 24.7 Å². The van der Waals surface area contributed by atoms with Crippen LogP contribution < -0.4 is 4.90 Å². The van der Waals surface area contributed by atoms with Gasteiger partial charge in [-0.2, -0.15) is 4.98 Å². The summed E-state index contributed by atoms with van der Waals surface area (Å²) in [5, 5.41) is 0.597. The Hall–Kier alpha value is -1.05. The maximum atomic E-state index is 14.2. The van der Waals surface area contributed by atoms with Gasteiger partial charge in [0.15, 0.2) is 0 Å². The quantitative estimate of drug-likeness (QED) is 0.680. The molecule has 8 heteroatoms. The number of aryl methyl sites for hydroxylation is 1. The lowest BCUT2D eigenvalue weighted by Gasteiger charge is -2.24. The first-order valence-electron chi connectivity index (χ1n) is 7.29. The first-order chi connectivity index (χ1) is 11.0. The van der Waals surface area contributed by atoms with Crippen molar-refractivity contribution in [2.24, 2.45) is 5.92 Å². The van der Waals surface area contributed by atoms with Gasteiger partial charge in [0.1, 0.15) is 17.8 Å². The molecule has 2 heterocycles. The molecule has 1 aliphatic heterocycles. The number of halogens is 4. The molecule has 1 saturated heterocycles. The highest BCUT2D eigenvalue weighted by atomic mass is 79.9. The molecule has 1 aliphatic carbocycles. The fourth-order valence-electron chi connectivity index (χ4n) is 3.23. The van der Waals surface area contributed by atoms with Crippen molar-refractivity contribution in [3.63, 3.8) is 0 Å². The van der Waals surface area contributed by atoms with Gasteiger partial charge in [0.2, 0.25) is 5.28 Å². The first-order valence-corrected chi connectivity index (χ1v) is 8.46. The van der Waals surface area contributed by atoms with Gasteiger partial charge < -0.3 is 9.64 Å². The summed E-state index contributed by atoms with van der Waals surface area (Å²) in [5.74, 6) is -0.102. The van der Waals surface area contributed by atoms with E-state index in [9.17, 15) is 8.78 Å². The predicted octanol–water partition coefficient (Wildman–Crippen LogP) is 3.67. The van der Waals surface area contributed by atoms with Gasteiger partial charge in [0.05, 0.1) is 29.2 Å². The summed E-state index contributed by atoms with van der Waals surface area (Å²) in [7, 11) is 0. The standard InChI is InChI=1S/C15H13BrClF2N3O/c1-6-10(16)9(18)4-7-12(6)20-15(17)21-14(7)22-2-3-23-5-8-11(19)13(8)22/h4,8,11,13H,2-3,5H2,1H3/t8-,11-,13+/m0/s1. The summed E-state index contributed by atoms with van der Waals surface area (Å²) < 4.78 is 34.0. The van der Waals surface area contributed by atoms with E-state index in [0.717, 1.165) is 0 Å². The Bertz CT molecular complexity index is 806. The highest BCUT2D eigenvalue weighted by Crippen LogP contribution is 2.44. The highest BCUT2D eigenvalue weighted by Gasteiger charge is 2.56. The van der Waals surface area contributed by atoms with Crippen LogP contribution in [0.4, 0.5) is 14.6 Å². The molecule has 2 aromatic rings.